The predicted molar refractivity (Wildman–Crippen MR) is 128 cm³/mol. The van der Waals surface area contributed by atoms with Gasteiger partial charge in [0.25, 0.3) is 5.69 Å². The number of hydrogen-bond donors (Lipinski definition) is 0. The summed E-state index contributed by atoms with van der Waals surface area (Å²) in [6, 6.07) is 19.8. The van der Waals surface area contributed by atoms with Gasteiger partial charge in [0.05, 0.1) is 4.92 Å². The van der Waals surface area contributed by atoms with Gasteiger partial charge in [-0.2, -0.15) is 0 Å². The third kappa shape index (κ3) is 4.86. The second-order valence-electron chi connectivity index (χ2n) is 7.05. The first-order valence-electron chi connectivity index (χ1n) is 9.65. The van der Waals surface area contributed by atoms with E-state index in [1.807, 2.05) is 48.5 Å². The highest BCUT2D eigenvalue weighted by Crippen LogP contribution is 2.25. The van der Waals surface area contributed by atoms with Crippen LogP contribution in [0.3, 0.4) is 0 Å². The van der Waals surface area contributed by atoms with Crippen molar-refractivity contribution in [3.05, 3.63) is 108 Å². The van der Waals surface area contributed by atoms with Crippen LogP contribution in [0.2, 0.25) is 0 Å². The number of ether oxygens (including phenoxy) is 2. The van der Waals surface area contributed by atoms with E-state index in [9.17, 15) is 14.9 Å². The van der Waals surface area contributed by atoms with Gasteiger partial charge in [-0.05, 0) is 71.5 Å². The number of benzene rings is 3. The van der Waals surface area contributed by atoms with Crippen LogP contribution in [0.4, 0.5) is 5.69 Å². The van der Waals surface area contributed by atoms with Gasteiger partial charge in [-0.15, -0.1) is 0 Å². The van der Waals surface area contributed by atoms with E-state index in [1.165, 1.54) is 12.1 Å². The van der Waals surface area contributed by atoms with E-state index >= 15 is 0 Å². The minimum absolute atomic E-state index is 0.00329. The van der Waals surface area contributed by atoms with Crippen LogP contribution < -0.4 is 4.74 Å². The van der Waals surface area contributed by atoms with Crippen LogP contribution in [-0.2, 0) is 16.1 Å². The fourth-order valence-corrected chi connectivity index (χ4v) is 3.70. The van der Waals surface area contributed by atoms with E-state index in [4.69, 9.17) is 9.47 Å². The van der Waals surface area contributed by atoms with Crippen molar-refractivity contribution in [1.82, 2.24) is 0 Å². The highest BCUT2D eigenvalue weighted by atomic mass is 127. The standard InChI is InChI=1S/C24H17IN2O5/c1-15-11-17(9-10-22(15)27(29)30)23-26-21(24(28)32-23)13-16-5-4-7-19(12-16)31-14-18-6-2-3-8-20(18)25/h2-13H,14H2,1H3/b21-13-. The Morgan fingerprint density at radius 3 is 2.69 bits per heavy atom. The fraction of sp³-hybridized carbons (Fsp3) is 0.0833. The number of nitro benzene ring substituents is 1. The van der Waals surface area contributed by atoms with Crippen molar-refractivity contribution in [3.8, 4) is 5.75 Å². The molecule has 1 heterocycles. The minimum Gasteiger partial charge on any atom is -0.489 e. The van der Waals surface area contributed by atoms with Crippen molar-refractivity contribution in [2.24, 2.45) is 4.99 Å². The summed E-state index contributed by atoms with van der Waals surface area (Å²) in [5, 5.41) is 11.0. The van der Waals surface area contributed by atoms with Crippen LogP contribution in [-0.4, -0.2) is 16.8 Å². The maximum Gasteiger partial charge on any atom is 0.363 e. The van der Waals surface area contributed by atoms with Crippen LogP contribution in [0.1, 0.15) is 22.3 Å². The summed E-state index contributed by atoms with van der Waals surface area (Å²) in [6.07, 6.45) is 1.62. The zero-order valence-electron chi connectivity index (χ0n) is 16.9. The van der Waals surface area contributed by atoms with E-state index in [2.05, 4.69) is 27.6 Å². The molecule has 0 N–H and O–H groups in total. The molecule has 8 heteroatoms. The van der Waals surface area contributed by atoms with Crippen LogP contribution in [0.15, 0.2) is 77.4 Å². The van der Waals surface area contributed by atoms with Crippen molar-refractivity contribution >= 4 is 46.2 Å². The summed E-state index contributed by atoms with van der Waals surface area (Å²) >= 11 is 2.27. The lowest BCUT2D eigenvalue weighted by atomic mass is 10.1. The van der Waals surface area contributed by atoms with Gasteiger partial charge in [0.15, 0.2) is 5.70 Å². The number of esters is 1. The summed E-state index contributed by atoms with van der Waals surface area (Å²) in [7, 11) is 0. The zero-order chi connectivity index (χ0) is 22.7. The summed E-state index contributed by atoms with van der Waals surface area (Å²) in [5.74, 6) is 0.201. The number of cyclic esters (lactones) is 1. The number of aliphatic imine (C=N–C) groups is 1. The Labute approximate surface area is 197 Å². The topological polar surface area (TPSA) is 91.0 Å². The lowest BCUT2D eigenvalue weighted by molar-refractivity contribution is -0.385. The molecule has 0 saturated heterocycles. The number of nitrogens with zero attached hydrogens (tertiary/aromatic N) is 2. The Morgan fingerprint density at radius 2 is 1.94 bits per heavy atom. The second-order valence-corrected chi connectivity index (χ2v) is 8.21. The highest BCUT2D eigenvalue weighted by molar-refractivity contribution is 14.1. The molecule has 160 valence electrons. The SMILES string of the molecule is Cc1cc(C2=N/C(=C\c3cccc(OCc4ccccc4I)c3)C(=O)O2)ccc1[N+](=O)[O-]. The Balaban J connectivity index is 1.53. The quantitative estimate of drug-likeness (QED) is 0.137. The van der Waals surface area contributed by atoms with Gasteiger partial charge < -0.3 is 9.47 Å². The number of hydrogen-bond acceptors (Lipinski definition) is 6. The van der Waals surface area contributed by atoms with E-state index < -0.39 is 10.9 Å². The van der Waals surface area contributed by atoms with E-state index in [0.717, 1.165) is 14.7 Å². The smallest absolute Gasteiger partial charge is 0.363 e. The number of aryl methyl sites for hydroxylation is 1. The first-order valence-corrected chi connectivity index (χ1v) is 10.7. The van der Waals surface area contributed by atoms with Crippen molar-refractivity contribution in [2.75, 3.05) is 0 Å². The molecule has 3 aromatic carbocycles. The first-order chi connectivity index (χ1) is 15.4. The van der Waals surface area contributed by atoms with Crippen LogP contribution >= 0.6 is 22.6 Å². The third-order valence-corrected chi connectivity index (χ3v) is 5.83. The highest BCUT2D eigenvalue weighted by Gasteiger charge is 2.25. The van der Waals surface area contributed by atoms with Crippen LogP contribution in [0.25, 0.3) is 6.08 Å². The summed E-state index contributed by atoms with van der Waals surface area (Å²) in [5.41, 5.74) is 2.93. The van der Waals surface area contributed by atoms with Crippen molar-refractivity contribution < 1.29 is 19.2 Å². The molecule has 4 rings (SSSR count). The lowest BCUT2D eigenvalue weighted by Gasteiger charge is -2.08. The maximum atomic E-state index is 12.3. The fourth-order valence-electron chi connectivity index (χ4n) is 3.15. The molecule has 0 fully saturated rings. The number of rotatable bonds is 6. The monoisotopic (exact) mass is 540 g/mol. The molecule has 0 unspecified atom stereocenters. The lowest BCUT2D eigenvalue weighted by Crippen LogP contribution is -2.06. The first kappa shape index (κ1) is 21.7. The molecule has 1 aliphatic rings. The van der Waals surface area contributed by atoms with E-state index in [-0.39, 0.29) is 17.3 Å². The van der Waals surface area contributed by atoms with Crippen LogP contribution in [0, 0.1) is 20.6 Å². The molecule has 3 aromatic rings. The van der Waals surface area contributed by atoms with E-state index in [1.54, 1.807) is 19.1 Å². The minimum atomic E-state index is -0.582. The molecule has 0 bridgehead atoms. The molecule has 0 aromatic heterocycles. The van der Waals surface area contributed by atoms with Crippen molar-refractivity contribution in [1.29, 1.82) is 0 Å². The van der Waals surface area contributed by atoms with Crippen LogP contribution in [0.5, 0.6) is 5.75 Å². The number of halogens is 1. The molecule has 0 saturated carbocycles. The second kappa shape index (κ2) is 9.31. The van der Waals surface area contributed by atoms with Gasteiger partial charge in [0.1, 0.15) is 12.4 Å². The van der Waals surface area contributed by atoms with Gasteiger partial charge >= 0.3 is 5.97 Å². The van der Waals surface area contributed by atoms with Gasteiger partial charge in [0.2, 0.25) is 5.90 Å². The molecular weight excluding hydrogens is 523 g/mol. The molecule has 0 atom stereocenters. The largest absolute Gasteiger partial charge is 0.489 e. The number of carbonyl (C=O) groups is 1. The van der Waals surface area contributed by atoms with Gasteiger partial charge in [-0.25, -0.2) is 9.79 Å². The predicted octanol–water partition coefficient (Wildman–Crippen LogP) is 5.43. The van der Waals surface area contributed by atoms with Gasteiger partial charge in [-0.3, -0.25) is 10.1 Å². The number of nitro groups is 1. The van der Waals surface area contributed by atoms with Crippen molar-refractivity contribution in [2.45, 2.75) is 13.5 Å². The molecule has 0 radical (unpaired) electrons. The summed E-state index contributed by atoms with van der Waals surface area (Å²) < 4.78 is 12.3. The normalized spacial score (nSPS) is 14.2. The molecule has 32 heavy (non-hydrogen) atoms. The molecular formula is C24H17IN2O5. The average molecular weight is 540 g/mol. The van der Waals surface area contributed by atoms with E-state index in [0.29, 0.717) is 23.5 Å². The zero-order valence-corrected chi connectivity index (χ0v) is 19.1. The third-order valence-electron chi connectivity index (χ3n) is 4.77. The Kier molecular flexibility index (Phi) is 6.31. The summed E-state index contributed by atoms with van der Waals surface area (Å²) in [4.78, 5) is 27.1. The molecule has 1 aliphatic heterocycles. The summed E-state index contributed by atoms with van der Waals surface area (Å²) in [6.45, 7) is 2.06. The molecule has 0 amide bonds. The number of carbonyl (C=O) groups excluding carboxylic acids is 1. The molecule has 0 spiro atoms. The average Bonchev–Trinajstić information content (AvgIpc) is 3.13. The molecule has 7 nitrogen and oxygen atoms in total. The maximum absolute atomic E-state index is 12.3. The van der Waals surface area contributed by atoms with Gasteiger partial charge in [0, 0.05) is 26.3 Å². The Bertz CT molecular complexity index is 1280. The molecule has 0 aliphatic carbocycles. The van der Waals surface area contributed by atoms with Crippen molar-refractivity contribution in [3.63, 3.8) is 0 Å². The van der Waals surface area contributed by atoms with Gasteiger partial charge in [-0.1, -0.05) is 30.3 Å². The Hall–Kier alpha value is -3.53. The Morgan fingerprint density at radius 1 is 1.12 bits per heavy atom.